The highest BCUT2D eigenvalue weighted by Gasteiger charge is 2.26. The first-order chi connectivity index (χ1) is 8.63. The molecule has 1 atom stereocenters. The number of nitrogens with one attached hydrogen (secondary N) is 1. The average Bonchev–Trinajstić information content (AvgIpc) is 2.92. The Hall–Kier alpha value is -1.88. The van der Waals surface area contributed by atoms with Crippen LogP contribution in [0.5, 0.6) is 0 Å². The van der Waals surface area contributed by atoms with Crippen molar-refractivity contribution in [2.75, 3.05) is 18.4 Å². The first kappa shape index (κ1) is 11.2. The molecule has 94 valence electrons. The summed E-state index contributed by atoms with van der Waals surface area (Å²) >= 11 is 0. The van der Waals surface area contributed by atoms with Crippen LogP contribution in [0.1, 0.15) is 22.3 Å². The Morgan fingerprint density at radius 1 is 1.44 bits per heavy atom. The summed E-state index contributed by atoms with van der Waals surface area (Å²) in [5.74, 6) is -0.0234. The van der Waals surface area contributed by atoms with Crippen LogP contribution < -0.4 is 11.1 Å². The molecule has 0 radical (unpaired) electrons. The van der Waals surface area contributed by atoms with E-state index in [1.165, 1.54) is 0 Å². The van der Waals surface area contributed by atoms with E-state index in [0.717, 1.165) is 17.7 Å². The smallest absolute Gasteiger partial charge is 0.253 e. The summed E-state index contributed by atoms with van der Waals surface area (Å²) in [5.41, 5.74) is 8.13. The lowest BCUT2D eigenvalue weighted by atomic mass is 10.1. The minimum absolute atomic E-state index is 0.00750. The molecule has 0 unspecified atom stereocenters. The fourth-order valence-electron chi connectivity index (χ4n) is 2.50. The lowest BCUT2D eigenvalue weighted by Crippen LogP contribution is -2.31. The molecule has 0 saturated carbocycles. The van der Waals surface area contributed by atoms with Crippen LogP contribution in [-0.2, 0) is 11.2 Å². The minimum Gasteiger partial charge on any atom is -0.337 e. The molecule has 0 spiro atoms. The highest BCUT2D eigenvalue weighted by molar-refractivity contribution is 6.02. The van der Waals surface area contributed by atoms with Gasteiger partial charge in [-0.3, -0.25) is 9.59 Å². The Balaban J connectivity index is 1.83. The molecule has 2 amide bonds. The molecule has 2 aliphatic rings. The molecule has 1 aromatic carbocycles. The van der Waals surface area contributed by atoms with Gasteiger partial charge < -0.3 is 16.0 Å². The van der Waals surface area contributed by atoms with Gasteiger partial charge in [-0.25, -0.2) is 0 Å². The normalized spacial score (nSPS) is 21.9. The molecule has 0 bridgehead atoms. The van der Waals surface area contributed by atoms with Crippen LogP contribution in [0.4, 0.5) is 5.69 Å². The Morgan fingerprint density at radius 2 is 2.28 bits per heavy atom. The van der Waals surface area contributed by atoms with Gasteiger partial charge in [-0.2, -0.15) is 0 Å². The van der Waals surface area contributed by atoms with Crippen molar-refractivity contribution in [2.24, 2.45) is 5.73 Å². The number of rotatable bonds is 1. The number of hydrogen-bond acceptors (Lipinski definition) is 3. The molecule has 3 N–H and O–H groups in total. The molecule has 0 aliphatic carbocycles. The molecular formula is C13H15N3O2. The van der Waals surface area contributed by atoms with E-state index in [0.29, 0.717) is 25.1 Å². The van der Waals surface area contributed by atoms with Gasteiger partial charge in [0.15, 0.2) is 0 Å². The molecule has 0 aromatic heterocycles. The number of carbonyl (C=O) groups is 2. The highest BCUT2D eigenvalue weighted by atomic mass is 16.2. The molecule has 1 saturated heterocycles. The third-order valence-corrected chi connectivity index (χ3v) is 3.49. The molecule has 1 aromatic rings. The van der Waals surface area contributed by atoms with E-state index < -0.39 is 0 Å². The summed E-state index contributed by atoms with van der Waals surface area (Å²) in [6.07, 6.45) is 1.26. The van der Waals surface area contributed by atoms with Crippen molar-refractivity contribution in [1.82, 2.24) is 4.90 Å². The zero-order valence-corrected chi connectivity index (χ0v) is 9.98. The fraction of sp³-hybridized carbons (Fsp3) is 0.385. The third kappa shape index (κ3) is 1.86. The van der Waals surface area contributed by atoms with Gasteiger partial charge in [0, 0.05) is 30.4 Å². The van der Waals surface area contributed by atoms with Gasteiger partial charge in [0.2, 0.25) is 5.91 Å². The maximum atomic E-state index is 12.2. The Bertz CT molecular complexity index is 527. The maximum absolute atomic E-state index is 12.2. The van der Waals surface area contributed by atoms with Crippen molar-refractivity contribution in [3.05, 3.63) is 29.3 Å². The van der Waals surface area contributed by atoms with Gasteiger partial charge in [0.05, 0.1) is 6.42 Å². The van der Waals surface area contributed by atoms with Crippen LogP contribution in [0.2, 0.25) is 0 Å². The molecule has 3 rings (SSSR count). The van der Waals surface area contributed by atoms with Gasteiger partial charge in [0.1, 0.15) is 0 Å². The number of hydrogen-bond donors (Lipinski definition) is 2. The summed E-state index contributed by atoms with van der Waals surface area (Å²) in [4.78, 5) is 25.3. The van der Waals surface area contributed by atoms with Crippen LogP contribution in [0, 0.1) is 0 Å². The quantitative estimate of drug-likeness (QED) is 0.750. The minimum atomic E-state index is -0.0159. The van der Waals surface area contributed by atoms with Crippen LogP contribution in [-0.4, -0.2) is 35.8 Å². The van der Waals surface area contributed by atoms with Gasteiger partial charge in [-0.05, 0) is 24.1 Å². The second-order valence-corrected chi connectivity index (χ2v) is 4.90. The predicted octanol–water partition coefficient (Wildman–Crippen LogP) is 0.354. The molecular weight excluding hydrogens is 230 g/mol. The van der Waals surface area contributed by atoms with E-state index in [1.807, 2.05) is 6.07 Å². The number of carbonyl (C=O) groups excluding carboxylic acids is 2. The molecule has 5 nitrogen and oxygen atoms in total. The summed E-state index contributed by atoms with van der Waals surface area (Å²) < 4.78 is 0. The third-order valence-electron chi connectivity index (χ3n) is 3.49. The van der Waals surface area contributed by atoms with Crippen molar-refractivity contribution in [3.63, 3.8) is 0 Å². The number of fused-ring (bicyclic) bond motifs is 1. The topological polar surface area (TPSA) is 75.4 Å². The van der Waals surface area contributed by atoms with Gasteiger partial charge >= 0.3 is 0 Å². The zero-order valence-electron chi connectivity index (χ0n) is 9.98. The van der Waals surface area contributed by atoms with Crippen LogP contribution >= 0.6 is 0 Å². The first-order valence-corrected chi connectivity index (χ1v) is 6.11. The molecule has 2 heterocycles. The van der Waals surface area contributed by atoms with E-state index in [9.17, 15) is 9.59 Å². The predicted molar refractivity (Wildman–Crippen MR) is 67.3 cm³/mol. The number of anilines is 1. The van der Waals surface area contributed by atoms with Crippen molar-refractivity contribution >= 4 is 17.5 Å². The summed E-state index contributed by atoms with van der Waals surface area (Å²) in [6, 6.07) is 5.47. The Kier molecular flexibility index (Phi) is 2.56. The van der Waals surface area contributed by atoms with E-state index >= 15 is 0 Å². The van der Waals surface area contributed by atoms with E-state index in [1.54, 1.807) is 17.0 Å². The number of nitrogens with two attached hydrogens (primary N) is 1. The number of amides is 2. The number of nitrogens with zero attached hydrogens (tertiary/aromatic N) is 1. The summed E-state index contributed by atoms with van der Waals surface area (Å²) in [5, 5.41) is 2.76. The van der Waals surface area contributed by atoms with Gasteiger partial charge in [0.25, 0.3) is 5.91 Å². The van der Waals surface area contributed by atoms with Crippen molar-refractivity contribution < 1.29 is 9.59 Å². The lowest BCUT2D eigenvalue weighted by molar-refractivity contribution is -0.115. The largest absolute Gasteiger partial charge is 0.337 e. The summed E-state index contributed by atoms with van der Waals surface area (Å²) in [6.45, 7) is 1.33. The first-order valence-electron chi connectivity index (χ1n) is 6.11. The Labute approximate surface area is 105 Å². The highest BCUT2D eigenvalue weighted by Crippen LogP contribution is 2.25. The molecule has 18 heavy (non-hydrogen) atoms. The second-order valence-electron chi connectivity index (χ2n) is 4.90. The van der Waals surface area contributed by atoms with Crippen LogP contribution in [0.3, 0.4) is 0 Å². The second kappa shape index (κ2) is 4.10. The Morgan fingerprint density at radius 3 is 3.00 bits per heavy atom. The lowest BCUT2D eigenvalue weighted by Gasteiger charge is -2.16. The SMILES string of the molecule is N[C@@H]1CCN(C(=O)c2ccc3c(c2)NC(=O)C3)C1. The zero-order chi connectivity index (χ0) is 12.7. The monoisotopic (exact) mass is 245 g/mol. The molecule has 5 heteroatoms. The number of benzene rings is 1. The van der Waals surface area contributed by atoms with Gasteiger partial charge in [-0.15, -0.1) is 0 Å². The number of likely N-dealkylation sites (tertiary alicyclic amines) is 1. The maximum Gasteiger partial charge on any atom is 0.253 e. The average molecular weight is 245 g/mol. The summed E-state index contributed by atoms with van der Waals surface area (Å²) in [7, 11) is 0. The standard InChI is InChI=1S/C13H15N3O2/c14-10-3-4-16(7-10)13(18)9-2-1-8-6-12(17)15-11(8)5-9/h1-2,5,10H,3-4,6-7,14H2,(H,15,17)/t10-/m1/s1. The van der Waals surface area contributed by atoms with Crippen LogP contribution in [0.25, 0.3) is 0 Å². The van der Waals surface area contributed by atoms with Crippen molar-refractivity contribution in [2.45, 2.75) is 18.9 Å². The molecule has 2 aliphatic heterocycles. The fourth-order valence-corrected chi connectivity index (χ4v) is 2.50. The van der Waals surface area contributed by atoms with Crippen LogP contribution in [0.15, 0.2) is 18.2 Å². The molecule has 1 fully saturated rings. The van der Waals surface area contributed by atoms with Gasteiger partial charge in [-0.1, -0.05) is 6.07 Å². The van der Waals surface area contributed by atoms with E-state index in [2.05, 4.69) is 5.32 Å². The van der Waals surface area contributed by atoms with Crippen molar-refractivity contribution in [3.8, 4) is 0 Å². The van der Waals surface area contributed by atoms with Crippen molar-refractivity contribution in [1.29, 1.82) is 0 Å². The van der Waals surface area contributed by atoms with E-state index in [4.69, 9.17) is 5.73 Å². The van der Waals surface area contributed by atoms with E-state index in [-0.39, 0.29) is 17.9 Å².